The molecular formula is C72H67N10O4+. The van der Waals surface area contributed by atoms with Crippen LogP contribution in [0.3, 0.4) is 0 Å². The van der Waals surface area contributed by atoms with E-state index in [1.807, 2.05) is 85.1 Å². The Morgan fingerprint density at radius 1 is 0.651 bits per heavy atom. The van der Waals surface area contributed by atoms with E-state index < -0.39 is 11.4 Å². The first-order valence-corrected chi connectivity index (χ1v) is 29.8. The Bertz CT molecular complexity index is 4360. The van der Waals surface area contributed by atoms with Crippen LogP contribution in [0.25, 0.3) is 55.3 Å². The molecule has 14 nitrogen and oxygen atoms in total. The fraction of sp³-hybridized carbons (Fsp3) is 0.222. The normalized spacial score (nSPS) is 15.4. The maximum atomic E-state index is 14.4. The van der Waals surface area contributed by atoms with Crippen molar-refractivity contribution in [2.45, 2.75) is 84.6 Å². The Labute approximate surface area is 500 Å². The first-order chi connectivity index (χ1) is 41.8. The molecular weight excluding hydrogens is 1070 g/mol. The van der Waals surface area contributed by atoms with Crippen LogP contribution in [0.2, 0.25) is 0 Å². The third kappa shape index (κ3) is 9.45. The van der Waals surface area contributed by atoms with Crippen molar-refractivity contribution in [2.24, 2.45) is 0 Å². The van der Waals surface area contributed by atoms with Crippen molar-refractivity contribution in [3.8, 4) is 33.8 Å². The SMILES string of the molecule is CCCCN1C(=CC=CC2=[N+](CCCC)c3ccc(C(=O)O)cc3C2(C)C)C(C)(C)c2c1ccc1cc(-c3cn(CCN4C(=O)c5cccc6c(-c7n[nH]nc7-c7ccc(N(c8ccccc8)c8ccccc8)cc7)ccc(c56)C4=O)nn3)ccc21. The van der Waals surface area contributed by atoms with E-state index in [0.717, 1.165) is 100 Å². The third-order valence-electron chi connectivity index (χ3n) is 17.6. The molecule has 0 bridgehead atoms. The van der Waals surface area contributed by atoms with Gasteiger partial charge >= 0.3 is 5.97 Å². The fourth-order valence-electron chi connectivity index (χ4n) is 13.2. The van der Waals surface area contributed by atoms with Gasteiger partial charge in [-0.15, -0.1) is 5.10 Å². The number of para-hydroxylation sites is 2. The Balaban J connectivity index is 0.729. The molecule has 0 fully saturated rings. The molecule has 13 rings (SSSR count). The molecule has 14 heteroatoms. The summed E-state index contributed by atoms with van der Waals surface area (Å²) in [6, 6.07) is 54.4. The van der Waals surface area contributed by atoms with Gasteiger partial charge < -0.3 is 14.9 Å². The number of amides is 2. The summed E-state index contributed by atoms with van der Waals surface area (Å²) in [5, 5.41) is 34.7. The minimum Gasteiger partial charge on any atom is -0.478 e. The van der Waals surface area contributed by atoms with Gasteiger partial charge in [-0.3, -0.25) is 19.2 Å². The third-order valence-corrected chi connectivity index (χ3v) is 17.6. The van der Waals surface area contributed by atoms with Crippen LogP contribution in [0.15, 0.2) is 194 Å². The molecule has 2 aromatic heterocycles. The Morgan fingerprint density at radius 2 is 1.34 bits per heavy atom. The van der Waals surface area contributed by atoms with Gasteiger partial charge in [-0.05, 0) is 121 Å². The van der Waals surface area contributed by atoms with Crippen LogP contribution in [0.4, 0.5) is 28.4 Å². The van der Waals surface area contributed by atoms with Crippen LogP contribution >= 0.6 is 0 Å². The van der Waals surface area contributed by atoms with Crippen molar-refractivity contribution in [1.82, 2.24) is 35.3 Å². The van der Waals surface area contributed by atoms with Gasteiger partial charge in [0.25, 0.3) is 11.8 Å². The number of hydrogen-bond acceptors (Lipinski definition) is 9. The van der Waals surface area contributed by atoms with Crippen molar-refractivity contribution in [1.29, 1.82) is 0 Å². The van der Waals surface area contributed by atoms with E-state index in [0.29, 0.717) is 39.2 Å². The molecule has 0 saturated heterocycles. The van der Waals surface area contributed by atoms with E-state index >= 15 is 0 Å². The first-order valence-electron chi connectivity index (χ1n) is 29.8. The average Bonchev–Trinajstić information content (AvgIpc) is 1.71. The van der Waals surface area contributed by atoms with Crippen molar-refractivity contribution in [3.63, 3.8) is 0 Å². The summed E-state index contributed by atoms with van der Waals surface area (Å²) < 4.78 is 4.07. The van der Waals surface area contributed by atoms with E-state index in [1.165, 1.54) is 27.2 Å². The fourth-order valence-corrected chi connectivity index (χ4v) is 13.2. The number of nitrogens with one attached hydrogen (secondary N) is 1. The monoisotopic (exact) mass is 1140 g/mol. The molecule has 10 aromatic rings. The van der Waals surface area contributed by atoms with E-state index in [-0.39, 0.29) is 30.3 Å². The highest BCUT2D eigenvalue weighted by Gasteiger charge is 2.45. The highest BCUT2D eigenvalue weighted by atomic mass is 16.4. The van der Waals surface area contributed by atoms with E-state index in [1.54, 1.807) is 22.9 Å². The van der Waals surface area contributed by atoms with Crippen molar-refractivity contribution < 1.29 is 24.1 Å². The minimum absolute atomic E-state index is 0.0987. The lowest BCUT2D eigenvalue weighted by atomic mass is 9.80. The molecule has 0 unspecified atom stereocenters. The lowest BCUT2D eigenvalue weighted by molar-refractivity contribution is -0.438. The van der Waals surface area contributed by atoms with Crippen LogP contribution in [-0.2, 0) is 17.4 Å². The van der Waals surface area contributed by atoms with Crippen LogP contribution < -0.4 is 9.80 Å². The summed E-state index contributed by atoms with van der Waals surface area (Å²) in [6.45, 7) is 15.5. The number of allylic oxidation sites excluding steroid dienone is 4. The van der Waals surface area contributed by atoms with Gasteiger partial charge in [0, 0.05) is 104 Å². The van der Waals surface area contributed by atoms with Gasteiger partial charge in [0.2, 0.25) is 5.69 Å². The predicted molar refractivity (Wildman–Crippen MR) is 341 cm³/mol. The lowest BCUT2D eigenvalue weighted by Gasteiger charge is -2.27. The Kier molecular flexibility index (Phi) is 14.2. The maximum Gasteiger partial charge on any atom is 0.335 e. The number of hydrogen-bond donors (Lipinski definition) is 2. The second-order valence-electron chi connectivity index (χ2n) is 23.6. The summed E-state index contributed by atoms with van der Waals surface area (Å²) in [5.74, 6) is -1.66. The van der Waals surface area contributed by atoms with Crippen LogP contribution in [0.5, 0.6) is 0 Å². The zero-order valence-electron chi connectivity index (χ0n) is 49.3. The first kappa shape index (κ1) is 55.1. The number of anilines is 4. The number of imide groups is 1. The zero-order chi connectivity index (χ0) is 59.4. The van der Waals surface area contributed by atoms with Crippen LogP contribution in [0.1, 0.15) is 109 Å². The van der Waals surface area contributed by atoms with Gasteiger partial charge in [-0.25, -0.2) is 4.79 Å². The second kappa shape index (κ2) is 22.2. The standard InChI is InChI=1S/C72H66N10O4/c1-7-9-39-79-60-37-31-49(70(85)86)44-58(60)71(3,4)62(79)25-18-26-63-72(5,6)65-53-34-29-48(43-47(53)30-38-61(65)80(63)40-10-8-2)59-45-78(77-73-59)41-42-81-68(83)56-24-17-23-54-55(35-36-57(64(54)56)69(81)84)67-66(74-76-75-67)46-27-32-52(33-28-46)82(50-19-13-11-14-20-50)51-21-15-12-16-22-51/h11-38,43-45H,7-10,39-42H2,1-6H3,(H-,74,75,76,83,84,85,86)/p+1. The smallest absolute Gasteiger partial charge is 0.335 e. The Morgan fingerprint density at radius 3 is 2.06 bits per heavy atom. The summed E-state index contributed by atoms with van der Waals surface area (Å²) in [4.78, 5) is 46.9. The number of nitrogens with zero attached hydrogens (tertiary/aromatic N) is 9. The molecule has 2 N–H and O–H groups in total. The summed E-state index contributed by atoms with van der Waals surface area (Å²) in [7, 11) is 0. The molecule has 0 saturated carbocycles. The number of benzene rings is 8. The zero-order valence-corrected chi connectivity index (χ0v) is 49.3. The summed E-state index contributed by atoms with van der Waals surface area (Å²) >= 11 is 0. The molecule has 8 aromatic carbocycles. The van der Waals surface area contributed by atoms with Crippen molar-refractivity contribution in [3.05, 3.63) is 222 Å². The molecule has 0 spiro atoms. The van der Waals surface area contributed by atoms with Crippen molar-refractivity contribution >= 4 is 73.5 Å². The number of carbonyl (C=O) groups excluding carboxylic acids is 2. The quantitative estimate of drug-likeness (QED) is 0.0626. The number of carbonyl (C=O) groups is 3. The summed E-state index contributed by atoms with van der Waals surface area (Å²) in [6.07, 6.45) is 12.8. The number of carboxylic acid groups (broad SMARTS) is 1. The highest BCUT2D eigenvalue weighted by molar-refractivity contribution is 6.27. The lowest BCUT2D eigenvalue weighted by Crippen LogP contribution is -2.42. The maximum absolute atomic E-state index is 14.4. The number of carboxylic acids is 1. The molecule has 0 aliphatic carbocycles. The largest absolute Gasteiger partial charge is 0.478 e. The van der Waals surface area contributed by atoms with Gasteiger partial charge in [-0.1, -0.05) is 137 Å². The molecule has 0 radical (unpaired) electrons. The number of aromatic carboxylic acids is 1. The van der Waals surface area contributed by atoms with E-state index in [4.69, 9.17) is 0 Å². The number of fused-ring (bicyclic) bond motifs is 4. The van der Waals surface area contributed by atoms with E-state index in [9.17, 15) is 19.5 Å². The van der Waals surface area contributed by atoms with Gasteiger partial charge in [-0.2, -0.15) is 20.0 Å². The number of unbranched alkanes of at least 4 members (excludes halogenated alkanes) is 2. The van der Waals surface area contributed by atoms with Gasteiger partial charge in [0.1, 0.15) is 23.6 Å². The highest BCUT2D eigenvalue weighted by Crippen LogP contribution is 2.52. The van der Waals surface area contributed by atoms with Crippen molar-refractivity contribution in [2.75, 3.05) is 29.4 Å². The predicted octanol–water partition coefficient (Wildman–Crippen LogP) is 15.4. The number of H-pyrrole nitrogens is 1. The molecule has 5 heterocycles. The van der Waals surface area contributed by atoms with E-state index in [2.05, 4.69) is 167 Å². The minimum atomic E-state index is -0.917. The van der Waals surface area contributed by atoms with Gasteiger partial charge in [0.15, 0.2) is 5.71 Å². The molecule has 86 heavy (non-hydrogen) atoms. The second-order valence-corrected chi connectivity index (χ2v) is 23.6. The van der Waals surface area contributed by atoms with Gasteiger partial charge in [0.05, 0.1) is 23.7 Å². The average molecular weight is 1140 g/mol. The number of rotatable bonds is 18. The molecule has 428 valence electrons. The van der Waals surface area contributed by atoms with Crippen LogP contribution in [0, 0.1) is 0 Å². The summed E-state index contributed by atoms with van der Waals surface area (Å²) in [5.41, 5.74) is 15.0. The number of aromatic nitrogens is 6. The molecule has 3 aliphatic heterocycles. The Hall–Kier alpha value is -10.1. The molecule has 0 atom stereocenters. The molecule has 3 aliphatic rings. The number of aromatic amines is 1. The van der Waals surface area contributed by atoms with Crippen LogP contribution in [-0.4, -0.2) is 88.1 Å². The topological polar surface area (TPSA) is 156 Å². The molecule has 2 amide bonds.